The molecule has 0 radical (unpaired) electrons. The molecule has 4 aromatic rings. The third-order valence-corrected chi connectivity index (χ3v) is 7.28. The zero-order chi connectivity index (χ0) is 30.4. The first-order valence-corrected chi connectivity index (χ1v) is 13.3. The number of halogens is 6. The van der Waals surface area contributed by atoms with Gasteiger partial charge in [0, 0.05) is 11.3 Å². The average molecular weight is 584 g/mol. The molecular formula is C33H27F6NO2. The zero-order valence-corrected chi connectivity index (χ0v) is 23.0. The number of anilines is 1. The van der Waals surface area contributed by atoms with Crippen LogP contribution < -0.4 is 10.1 Å². The minimum absolute atomic E-state index is 0.0113. The number of nitrogens with one attached hydrogen (secondary N) is 1. The van der Waals surface area contributed by atoms with Gasteiger partial charge in [0.15, 0.2) is 0 Å². The van der Waals surface area contributed by atoms with Crippen LogP contribution in [0.3, 0.4) is 0 Å². The molecule has 218 valence electrons. The fraction of sp³-hybridized carbons (Fsp3) is 0.242. The molecule has 0 spiro atoms. The van der Waals surface area contributed by atoms with Gasteiger partial charge >= 0.3 is 12.4 Å². The molecule has 1 aliphatic carbocycles. The summed E-state index contributed by atoms with van der Waals surface area (Å²) in [7, 11) is 1.36. The molecule has 3 nitrogen and oxygen atoms in total. The second-order valence-electron chi connectivity index (χ2n) is 10.7. The Kier molecular flexibility index (Phi) is 7.55. The smallest absolute Gasteiger partial charge is 0.416 e. The first-order chi connectivity index (χ1) is 19.8. The Morgan fingerprint density at radius 2 is 1.43 bits per heavy atom. The molecule has 0 saturated carbocycles. The predicted octanol–water partition coefficient (Wildman–Crippen LogP) is 9.42. The van der Waals surface area contributed by atoms with E-state index in [1.807, 2.05) is 18.2 Å². The van der Waals surface area contributed by atoms with Crippen molar-refractivity contribution in [2.45, 2.75) is 39.0 Å². The maximum absolute atomic E-state index is 13.4. The van der Waals surface area contributed by atoms with Crippen molar-refractivity contribution in [3.8, 4) is 28.0 Å². The highest BCUT2D eigenvalue weighted by atomic mass is 19.4. The van der Waals surface area contributed by atoms with E-state index in [9.17, 15) is 31.1 Å². The predicted molar refractivity (Wildman–Crippen MR) is 150 cm³/mol. The molecule has 1 amide bonds. The molecule has 0 atom stereocenters. The highest BCUT2D eigenvalue weighted by Gasteiger charge is 2.37. The van der Waals surface area contributed by atoms with Crippen LogP contribution in [0.1, 0.15) is 52.0 Å². The Bertz CT molecular complexity index is 1640. The van der Waals surface area contributed by atoms with E-state index < -0.39 is 35.1 Å². The Morgan fingerprint density at radius 1 is 0.833 bits per heavy atom. The second-order valence-corrected chi connectivity index (χ2v) is 10.7. The van der Waals surface area contributed by atoms with Crippen LogP contribution in [-0.2, 0) is 25.2 Å². The van der Waals surface area contributed by atoms with Crippen molar-refractivity contribution in [2.75, 3.05) is 12.4 Å². The number of amides is 1. The van der Waals surface area contributed by atoms with E-state index in [0.717, 1.165) is 23.1 Å². The summed E-state index contributed by atoms with van der Waals surface area (Å²) < 4.78 is 85.7. The molecule has 1 aliphatic rings. The van der Waals surface area contributed by atoms with Crippen LogP contribution in [0.5, 0.6) is 5.75 Å². The molecule has 0 fully saturated rings. The molecule has 9 heteroatoms. The molecular weight excluding hydrogens is 556 g/mol. The Balaban J connectivity index is 1.55. The molecule has 0 bridgehead atoms. The van der Waals surface area contributed by atoms with Crippen LogP contribution in [-0.4, -0.2) is 13.0 Å². The standard InChI is InChI=1S/C33H27F6NO2/c1-18(2)13-19-7-4-8-20-14-28-24(9-5-10-25(28)29(19)20)26-11-6-12-27(30(26)42-3)31(41)40-23-16-21(32(34,35)36)15-22(17-23)33(37,38)39/h4-12,15-18H,13-14H2,1-3H3,(H,40,41). The van der Waals surface area contributed by atoms with Gasteiger partial charge in [0.1, 0.15) is 5.75 Å². The van der Waals surface area contributed by atoms with E-state index in [2.05, 4.69) is 37.4 Å². The van der Waals surface area contributed by atoms with Gasteiger partial charge < -0.3 is 10.1 Å². The molecule has 4 aromatic carbocycles. The van der Waals surface area contributed by atoms with Crippen molar-refractivity contribution < 1.29 is 35.9 Å². The topological polar surface area (TPSA) is 38.3 Å². The molecule has 0 heterocycles. The number of fused-ring (bicyclic) bond motifs is 3. The van der Waals surface area contributed by atoms with Crippen molar-refractivity contribution in [2.24, 2.45) is 5.92 Å². The molecule has 1 N–H and O–H groups in total. The molecule has 0 unspecified atom stereocenters. The number of rotatable bonds is 6. The average Bonchev–Trinajstić information content (AvgIpc) is 3.31. The van der Waals surface area contributed by atoms with Crippen molar-refractivity contribution in [1.29, 1.82) is 0 Å². The summed E-state index contributed by atoms with van der Waals surface area (Å²) >= 11 is 0. The largest absolute Gasteiger partial charge is 0.495 e. The maximum Gasteiger partial charge on any atom is 0.416 e. The summed E-state index contributed by atoms with van der Waals surface area (Å²) in [6.07, 6.45) is -8.51. The fourth-order valence-electron chi connectivity index (χ4n) is 5.58. The van der Waals surface area contributed by atoms with E-state index in [1.165, 1.54) is 29.9 Å². The fourth-order valence-corrected chi connectivity index (χ4v) is 5.58. The Hall–Kier alpha value is -4.27. The van der Waals surface area contributed by atoms with Gasteiger partial charge in [0.2, 0.25) is 0 Å². The molecule has 42 heavy (non-hydrogen) atoms. The van der Waals surface area contributed by atoms with Crippen LogP contribution in [0.25, 0.3) is 22.3 Å². The Morgan fingerprint density at radius 3 is 2.05 bits per heavy atom. The number of hydrogen-bond donors (Lipinski definition) is 1. The van der Waals surface area contributed by atoms with Gasteiger partial charge in [-0.05, 0) is 76.4 Å². The van der Waals surface area contributed by atoms with E-state index >= 15 is 0 Å². The van der Waals surface area contributed by atoms with Gasteiger partial charge in [0.05, 0.1) is 23.8 Å². The van der Waals surface area contributed by atoms with Crippen LogP contribution in [0, 0.1) is 5.92 Å². The van der Waals surface area contributed by atoms with E-state index in [0.29, 0.717) is 30.0 Å². The quantitative estimate of drug-likeness (QED) is 0.202. The third kappa shape index (κ3) is 5.60. The minimum atomic E-state index is -5.04. The number of para-hydroxylation sites is 1. The number of alkyl halides is 6. The van der Waals surface area contributed by atoms with Crippen molar-refractivity contribution in [3.63, 3.8) is 0 Å². The van der Waals surface area contributed by atoms with Crippen molar-refractivity contribution in [1.82, 2.24) is 0 Å². The van der Waals surface area contributed by atoms with Gasteiger partial charge in [0.25, 0.3) is 5.91 Å². The summed E-state index contributed by atoms with van der Waals surface area (Å²) in [6.45, 7) is 4.33. The zero-order valence-electron chi connectivity index (χ0n) is 23.0. The second kappa shape index (κ2) is 10.9. The summed E-state index contributed by atoms with van der Waals surface area (Å²) in [5.74, 6) is -0.288. The minimum Gasteiger partial charge on any atom is -0.495 e. The lowest BCUT2D eigenvalue weighted by atomic mass is 9.91. The summed E-state index contributed by atoms with van der Waals surface area (Å²) in [4.78, 5) is 13.3. The first-order valence-electron chi connectivity index (χ1n) is 13.3. The van der Waals surface area contributed by atoms with Crippen molar-refractivity contribution >= 4 is 11.6 Å². The van der Waals surface area contributed by atoms with Crippen LogP contribution in [0.15, 0.2) is 72.8 Å². The number of carbonyl (C=O) groups excluding carboxylic acids is 1. The molecule has 5 rings (SSSR count). The summed E-state index contributed by atoms with van der Waals surface area (Å²) in [5, 5.41) is 2.21. The highest BCUT2D eigenvalue weighted by molar-refractivity contribution is 6.08. The van der Waals surface area contributed by atoms with Crippen LogP contribution in [0.4, 0.5) is 32.0 Å². The molecule has 0 aliphatic heterocycles. The lowest BCUT2D eigenvalue weighted by Gasteiger charge is -2.18. The van der Waals surface area contributed by atoms with Gasteiger partial charge in [-0.2, -0.15) is 26.3 Å². The van der Waals surface area contributed by atoms with Gasteiger partial charge in [-0.15, -0.1) is 0 Å². The number of benzene rings is 4. The maximum atomic E-state index is 13.4. The number of hydrogen-bond acceptors (Lipinski definition) is 2. The van der Waals surface area contributed by atoms with Gasteiger partial charge in [-0.1, -0.05) is 62.4 Å². The highest BCUT2D eigenvalue weighted by Crippen LogP contribution is 2.46. The Labute approximate surface area is 239 Å². The van der Waals surface area contributed by atoms with Crippen LogP contribution >= 0.6 is 0 Å². The van der Waals surface area contributed by atoms with Gasteiger partial charge in [-0.3, -0.25) is 4.79 Å². The number of carbonyl (C=O) groups is 1. The monoisotopic (exact) mass is 583 g/mol. The third-order valence-electron chi connectivity index (χ3n) is 7.28. The van der Waals surface area contributed by atoms with E-state index in [1.54, 1.807) is 12.1 Å². The van der Waals surface area contributed by atoms with Gasteiger partial charge in [-0.25, -0.2) is 0 Å². The van der Waals surface area contributed by atoms with E-state index in [4.69, 9.17) is 4.74 Å². The molecule has 0 aromatic heterocycles. The molecule has 0 saturated heterocycles. The lowest BCUT2D eigenvalue weighted by Crippen LogP contribution is -2.16. The summed E-state index contributed by atoms with van der Waals surface area (Å²) in [5.41, 5.74) is 3.45. The number of methoxy groups -OCH3 is 1. The normalized spacial score (nSPS) is 12.7. The van der Waals surface area contributed by atoms with E-state index in [-0.39, 0.29) is 17.4 Å². The van der Waals surface area contributed by atoms with Crippen molar-refractivity contribution in [3.05, 3.63) is 106 Å². The van der Waals surface area contributed by atoms with Crippen LogP contribution in [0.2, 0.25) is 0 Å². The lowest BCUT2D eigenvalue weighted by molar-refractivity contribution is -0.143. The SMILES string of the molecule is COc1c(C(=O)Nc2cc(C(F)(F)F)cc(C(F)(F)F)c2)cccc1-c1cccc2c1Cc1cccc(CC(C)C)c1-2. The summed E-state index contributed by atoms with van der Waals surface area (Å²) in [6, 6.07) is 17.9. The number of ether oxygens (including phenoxy) is 1. The first kappa shape index (κ1) is 29.2.